The van der Waals surface area contributed by atoms with Crippen molar-refractivity contribution < 1.29 is 24.6 Å². The van der Waals surface area contributed by atoms with E-state index >= 15 is 0 Å². The average Bonchev–Trinajstić information content (AvgIpc) is 2.37. The van der Waals surface area contributed by atoms with E-state index < -0.39 is 23.7 Å². The minimum Gasteiger partial charge on any atom is -0.507 e. The number of carboxylic acids is 1. The first-order valence-corrected chi connectivity index (χ1v) is 7.10. The molecule has 0 fully saturated rings. The molecular weight excluding hydrogens is 379 g/mol. The number of hydrogen-bond donors (Lipinski definition) is 4. The van der Waals surface area contributed by atoms with Gasteiger partial charge >= 0.3 is 5.97 Å². The van der Waals surface area contributed by atoms with E-state index in [0.717, 1.165) is 6.07 Å². The summed E-state index contributed by atoms with van der Waals surface area (Å²) < 4.78 is 0.240. The molecule has 0 unspecified atom stereocenters. The van der Waals surface area contributed by atoms with Crippen molar-refractivity contribution in [2.24, 2.45) is 0 Å². The van der Waals surface area contributed by atoms with Gasteiger partial charge in [-0.3, -0.25) is 9.59 Å². The summed E-state index contributed by atoms with van der Waals surface area (Å²) in [5.41, 5.74) is -0.0117. The molecule has 20 heavy (non-hydrogen) atoms. The molecule has 0 radical (unpaired) electrons. The second kappa shape index (κ2) is 7.08. The van der Waals surface area contributed by atoms with Crippen molar-refractivity contribution in [3.8, 4) is 5.75 Å². The molecule has 0 saturated carbocycles. The molecule has 7 nitrogen and oxygen atoms in total. The molecule has 2 amide bonds. The fraction of sp³-hybridized carbons (Fsp3) is 0.250. The highest BCUT2D eigenvalue weighted by Crippen LogP contribution is 2.21. The highest BCUT2D eigenvalue weighted by atomic mass is 127. The van der Waals surface area contributed by atoms with Crippen LogP contribution in [0.3, 0.4) is 0 Å². The van der Waals surface area contributed by atoms with Crippen LogP contribution in [0, 0.1) is 0 Å². The van der Waals surface area contributed by atoms with Crippen LogP contribution in [0.15, 0.2) is 18.2 Å². The third-order valence-corrected chi connectivity index (χ3v) is 3.08. The van der Waals surface area contributed by atoms with E-state index in [9.17, 15) is 19.5 Å². The fourth-order valence-electron chi connectivity index (χ4n) is 1.39. The zero-order chi connectivity index (χ0) is 15.3. The van der Waals surface area contributed by atoms with Gasteiger partial charge in [0, 0.05) is 11.8 Å². The van der Waals surface area contributed by atoms with Gasteiger partial charge in [0.05, 0.1) is 4.43 Å². The number of benzene rings is 1. The molecule has 0 aliphatic heterocycles. The van der Waals surface area contributed by atoms with Crippen molar-refractivity contribution in [1.29, 1.82) is 0 Å². The van der Waals surface area contributed by atoms with E-state index in [2.05, 4.69) is 10.6 Å². The number of aromatic hydroxyl groups is 1. The summed E-state index contributed by atoms with van der Waals surface area (Å²) in [5, 5.41) is 23.2. The number of amides is 2. The van der Waals surface area contributed by atoms with E-state index in [4.69, 9.17) is 5.11 Å². The van der Waals surface area contributed by atoms with Gasteiger partial charge in [0.2, 0.25) is 11.8 Å². The zero-order valence-electron chi connectivity index (χ0n) is 10.5. The van der Waals surface area contributed by atoms with Crippen molar-refractivity contribution in [3.63, 3.8) is 0 Å². The van der Waals surface area contributed by atoms with Gasteiger partial charge in [-0.1, -0.05) is 22.6 Å². The van der Waals surface area contributed by atoms with E-state index in [-0.39, 0.29) is 21.6 Å². The molecule has 1 rings (SSSR count). The van der Waals surface area contributed by atoms with Gasteiger partial charge in [-0.25, -0.2) is 4.79 Å². The van der Waals surface area contributed by atoms with Crippen molar-refractivity contribution in [1.82, 2.24) is 5.32 Å². The Hall–Kier alpha value is -1.84. The van der Waals surface area contributed by atoms with Gasteiger partial charge in [0.25, 0.3) is 0 Å². The van der Waals surface area contributed by atoms with Crippen LogP contribution in [0.25, 0.3) is 0 Å². The standard InChI is InChI=1S/C12H13IN2O5/c1-6(14-10(17)5-13)11(18)15-7-2-3-8(12(19)20)9(16)4-7/h2-4,6,16H,5H2,1H3,(H,14,17)(H,15,18)(H,19,20)/t6-/m0/s1. The highest BCUT2D eigenvalue weighted by molar-refractivity contribution is 14.1. The molecular formula is C12H13IN2O5. The Morgan fingerprint density at radius 1 is 1.35 bits per heavy atom. The molecule has 0 aliphatic carbocycles. The predicted molar refractivity (Wildman–Crippen MR) is 80.2 cm³/mol. The molecule has 0 heterocycles. The van der Waals surface area contributed by atoms with Gasteiger partial charge < -0.3 is 20.8 Å². The number of rotatable bonds is 5. The van der Waals surface area contributed by atoms with E-state index in [1.54, 1.807) is 0 Å². The second-order valence-corrected chi connectivity index (χ2v) is 4.71. The molecule has 0 bridgehead atoms. The third-order valence-electron chi connectivity index (χ3n) is 2.39. The molecule has 8 heteroatoms. The topological polar surface area (TPSA) is 116 Å². The van der Waals surface area contributed by atoms with Crippen LogP contribution in [0.4, 0.5) is 5.69 Å². The van der Waals surface area contributed by atoms with Crippen LogP contribution < -0.4 is 10.6 Å². The highest BCUT2D eigenvalue weighted by Gasteiger charge is 2.16. The van der Waals surface area contributed by atoms with Crippen molar-refractivity contribution >= 4 is 46.1 Å². The van der Waals surface area contributed by atoms with Gasteiger partial charge in [-0.15, -0.1) is 0 Å². The van der Waals surface area contributed by atoms with E-state index in [1.807, 2.05) is 22.6 Å². The minimum atomic E-state index is -1.26. The van der Waals surface area contributed by atoms with Crippen LogP contribution in [-0.2, 0) is 9.59 Å². The van der Waals surface area contributed by atoms with Gasteiger partial charge in [-0.2, -0.15) is 0 Å². The van der Waals surface area contributed by atoms with E-state index in [0.29, 0.717) is 0 Å². The number of phenols is 1. The Kier molecular flexibility index (Phi) is 5.74. The number of carbonyl (C=O) groups excluding carboxylic acids is 2. The first-order valence-electron chi connectivity index (χ1n) is 5.57. The molecule has 0 spiro atoms. The Morgan fingerprint density at radius 3 is 2.50 bits per heavy atom. The molecule has 108 valence electrons. The number of anilines is 1. The Balaban J connectivity index is 2.73. The number of carbonyl (C=O) groups is 3. The Bertz CT molecular complexity index is 547. The molecule has 4 N–H and O–H groups in total. The summed E-state index contributed by atoms with van der Waals surface area (Å²) >= 11 is 1.88. The molecule has 1 aromatic rings. The number of alkyl halides is 1. The monoisotopic (exact) mass is 392 g/mol. The Labute approximate surface area is 128 Å². The molecule has 0 saturated heterocycles. The van der Waals surface area contributed by atoms with Crippen LogP contribution in [0.5, 0.6) is 5.75 Å². The number of carboxylic acid groups (broad SMARTS) is 1. The zero-order valence-corrected chi connectivity index (χ0v) is 12.7. The summed E-state index contributed by atoms with van der Waals surface area (Å²) in [6, 6.07) is 2.93. The second-order valence-electron chi connectivity index (χ2n) is 3.95. The van der Waals surface area contributed by atoms with Crippen LogP contribution in [-0.4, -0.2) is 38.5 Å². The summed E-state index contributed by atoms with van der Waals surface area (Å²) in [6.07, 6.45) is 0. The lowest BCUT2D eigenvalue weighted by atomic mass is 10.1. The summed E-state index contributed by atoms with van der Waals surface area (Å²) in [4.78, 5) is 33.6. The van der Waals surface area contributed by atoms with Gasteiger partial charge in [0.1, 0.15) is 17.4 Å². The predicted octanol–water partition coefficient (Wildman–Crippen LogP) is 0.969. The summed E-state index contributed by atoms with van der Waals surface area (Å²) in [6.45, 7) is 1.52. The lowest BCUT2D eigenvalue weighted by molar-refractivity contribution is -0.124. The fourth-order valence-corrected chi connectivity index (χ4v) is 1.61. The largest absolute Gasteiger partial charge is 0.507 e. The maximum atomic E-state index is 11.8. The lowest BCUT2D eigenvalue weighted by Crippen LogP contribution is -2.42. The molecule has 1 atom stereocenters. The SMILES string of the molecule is C[C@H](NC(=O)CI)C(=O)Nc1ccc(C(=O)O)c(O)c1. The summed E-state index contributed by atoms with van der Waals surface area (Å²) in [5.74, 6) is -2.44. The number of nitrogens with one attached hydrogen (secondary N) is 2. The van der Waals surface area contributed by atoms with Crippen molar-refractivity contribution in [3.05, 3.63) is 23.8 Å². The van der Waals surface area contributed by atoms with Gasteiger partial charge in [0.15, 0.2) is 0 Å². The maximum Gasteiger partial charge on any atom is 0.339 e. The quantitative estimate of drug-likeness (QED) is 0.440. The molecule has 0 aromatic heterocycles. The third kappa shape index (κ3) is 4.37. The minimum absolute atomic E-state index is 0.240. The lowest BCUT2D eigenvalue weighted by Gasteiger charge is -2.13. The Morgan fingerprint density at radius 2 is 2.00 bits per heavy atom. The van der Waals surface area contributed by atoms with Crippen molar-refractivity contribution in [2.45, 2.75) is 13.0 Å². The first kappa shape index (κ1) is 16.2. The molecule has 1 aromatic carbocycles. The van der Waals surface area contributed by atoms with E-state index in [1.165, 1.54) is 19.1 Å². The van der Waals surface area contributed by atoms with Crippen molar-refractivity contribution in [2.75, 3.05) is 9.74 Å². The number of hydrogen-bond acceptors (Lipinski definition) is 4. The normalized spacial score (nSPS) is 11.5. The smallest absolute Gasteiger partial charge is 0.339 e. The molecule has 0 aliphatic rings. The van der Waals surface area contributed by atoms with Crippen LogP contribution >= 0.6 is 22.6 Å². The maximum absolute atomic E-state index is 11.8. The average molecular weight is 392 g/mol. The first-order chi connectivity index (χ1) is 9.35. The number of halogens is 1. The van der Waals surface area contributed by atoms with Gasteiger partial charge in [-0.05, 0) is 19.1 Å². The number of aromatic carboxylic acids is 1. The summed E-state index contributed by atoms with van der Waals surface area (Å²) in [7, 11) is 0. The van der Waals surface area contributed by atoms with Crippen LogP contribution in [0.1, 0.15) is 17.3 Å². The van der Waals surface area contributed by atoms with Crippen LogP contribution in [0.2, 0.25) is 0 Å².